The van der Waals surface area contributed by atoms with Crippen LogP contribution in [0.3, 0.4) is 0 Å². The number of hydrogen-bond acceptors (Lipinski definition) is 4. The van der Waals surface area contributed by atoms with E-state index >= 15 is 0 Å². The van der Waals surface area contributed by atoms with Gasteiger partial charge in [0.2, 0.25) is 0 Å². The smallest absolute Gasteiger partial charge is 0.158 e. The molecule has 0 radical (unpaired) electrons. The first-order chi connectivity index (χ1) is 7.74. The maximum absolute atomic E-state index is 4.40. The third-order valence-electron chi connectivity index (χ3n) is 2.38. The molecule has 0 spiro atoms. The van der Waals surface area contributed by atoms with E-state index in [4.69, 9.17) is 0 Å². The second-order valence-electron chi connectivity index (χ2n) is 3.47. The summed E-state index contributed by atoms with van der Waals surface area (Å²) in [4.78, 5) is 13.0. The Kier molecular flexibility index (Phi) is 2.85. The Bertz CT molecular complexity index is 489. The lowest BCUT2D eigenvalue weighted by Gasteiger charge is -2.06. The van der Waals surface area contributed by atoms with Crippen molar-refractivity contribution in [2.75, 3.05) is 12.4 Å². The molecular weight excluding hydrogens is 202 g/mol. The molecule has 84 valence electrons. The Hall–Kier alpha value is -1.91. The van der Waals surface area contributed by atoms with Crippen molar-refractivity contribution in [2.45, 2.75) is 20.4 Å². The minimum absolute atomic E-state index is 0.743. The molecule has 0 unspecified atom stereocenters. The van der Waals surface area contributed by atoms with E-state index in [-0.39, 0.29) is 0 Å². The van der Waals surface area contributed by atoms with Gasteiger partial charge in [0.25, 0.3) is 0 Å². The first-order valence-corrected chi connectivity index (χ1v) is 5.29. The van der Waals surface area contributed by atoms with Crippen molar-refractivity contribution in [3.63, 3.8) is 0 Å². The Morgan fingerprint density at radius 2 is 2.19 bits per heavy atom. The largest absolute Gasteiger partial charge is 0.373 e. The van der Waals surface area contributed by atoms with Crippen LogP contribution in [-0.2, 0) is 6.54 Å². The Balaban J connectivity index is 2.51. The summed E-state index contributed by atoms with van der Waals surface area (Å²) in [5.41, 5.74) is 0.851. The van der Waals surface area contributed by atoms with Crippen LogP contribution in [-0.4, -0.2) is 26.6 Å². The van der Waals surface area contributed by atoms with Gasteiger partial charge in [-0.05, 0) is 13.8 Å². The van der Waals surface area contributed by atoms with Gasteiger partial charge in [-0.25, -0.2) is 15.0 Å². The molecule has 0 aliphatic carbocycles. The fraction of sp³-hybridized carbons (Fsp3) is 0.364. The van der Waals surface area contributed by atoms with Gasteiger partial charge in [-0.2, -0.15) is 0 Å². The normalized spacial score (nSPS) is 10.4. The maximum Gasteiger partial charge on any atom is 0.158 e. The average Bonchev–Trinajstić information content (AvgIpc) is 2.76. The molecule has 0 aliphatic rings. The molecule has 2 rings (SSSR count). The standard InChI is InChI=1S/C11H15N5/c1-4-16-6-5-13-11(16)9-7-10(12-3)15-8(2)14-9/h5-7H,4H2,1-3H3,(H,12,14,15). The van der Waals surface area contributed by atoms with Crippen molar-refractivity contribution in [1.82, 2.24) is 19.5 Å². The molecule has 0 fully saturated rings. The van der Waals surface area contributed by atoms with E-state index < -0.39 is 0 Å². The van der Waals surface area contributed by atoms with E-state index in [1.165, 1.54) is 0 Å². The van der Waals surface area contributed by atoms with Gasteiger partial charge in [0, 0.05) is 32.1 Å². The highest BCUT2D eigenvalue weighted by Gasteiger charge is 2.08. The van der Waals surface area contributed by atoms with Crippen LogP contribution >= 0.6 is 0 Å². The van der Waals surface area contributed by atoms with Gasteiger partial charge in [-0.15, -0.1) is 0 Å². The quantitative estimate of drug-likeness (QED) is 0.850. The van der Waals surface area contributed by atoms with E-state index in [1.54, 1.807) is 6.20 Å². The predicted molar refractivity (Wildman–Crippen MR) is 63.2 cm³/mol. The van der Waals surface area contributed by atoms with E-state index in [1.807, 2.05) is 26.2 Å². The summed E-state index contributed by atoms with van der Waals surface area (Å²) < 4.78 is 2.06. The molecule has 0 aliphatic heterocycles. The molecule has 2 heterocycles. The third-order valence-corrected chi connectivity index (χ3v) is 2.38. The van der Waals surface area contributed by atoms with Crippen molar-refractivity contribution >= 4 is 5.82 Å². The molecular formula is C11H15N5. The second kappa shape index (κ2) is 4.30. The maximum atomic E-state index is 4.40. The monoisotopic (exact) mass is 217 g/mol. The number of aromatic nitrogens is 4. The first-order valence-electron chi connectivity index (χ1n) is 5.29. The van der Waals surface area contributed by atoms with Crippen LogP contribution in [0.4, 0.5) is 5.82 Å². The average molecular weight is 217 g/mol. The van der Waals surface area contributed by atoms with Crippen LogP contribution in [0.1, 0.15) is 12.7 Å². The summed E-state index contributed by atoms with van der Waals surface area (Å²) in [6, 6.07) is 1.90. The number of rotatable bonds is 3. The predicted octanol–water partition coefficient (Wildman–Crippen LogP) is 1.71. The van der Waals surface area contributed by atoms with Crippen molar-refractivity contribution in [3.8, 4) is 11.5 Å². The van der Waals surface area contributed by atoms with Gasteiger partial charge in [-0.3, -0.25) is 0 Å². The highest BCUT2D eigenvalue weighted by Crippen LogP contribution is 2.17. The minimum atomic E-state index is 0.743. The highest BCUT2D eigenvalue weighted by atomic mass is 15.1. The summed E-state index contributed by atoms with van der Waals surface area (Å²) in [6.07, 6.45) is 3.74. The van der Waals surface area contributed by atoms with Gasteiger partial charge in [0.15, 0.2) is 5.82 Å². The topological polar surface area (TPSA) is 55.6 Å². The number of nitrogens with one attached hydrogen (secondary N) is 1. The van der Waals surface area contributed by atoms with Gasteiger partial charge >= 0.3 is 0 Å². The van der Waals surface area contributed by atoms with Crippen molar-refractivity contribution in [2.24, 2.45) is 0 Å². The second-order valence-corrected chi connectivity index (χ2v) is 3.47. The number of aryl methyl sites for hydroxylation is 2. The Morgan fingerprint density at radius 3 is 2.88 bits per heavy atom. The van der Waals surface area contributed by atoms with Gasteiger partial charge in [0.1, 0.15) is 17.3 Å². The molecule has 0 aromatic carbocycles. The molecule has 5 heteroatoms. The zero-order valence-corrected chi connectivity index (χ0v) is 9.73. The molecule has 0 amide bonds. The first kappa shape index (κ1) is 10.6. The Morgan fingerprint density at radius 1 is 1.38 bits per heavy atom. The molecule has 0 atom stereocenters. The molecule has 2 aromatic rings. The molecule has 0 saturated heterocycles. The highest BCUT2D eigenvalue weighted by molar-refractivity contribution is 5.55. The third kappa shape index (κ3) is 1.88. The summed E-state index contributed by atoms with van der Waals surface area (Å²) >= 11 is 0. The van der Waals surface area contributed by atoms with Crippen LogP contribution in [0, 0.1) is 6.92 Å². The summed E-state index contributed by atoms with van der Waals surface area (Å²) in [5.74, 6) is 2.44. The summed E-state index contributed by atoms with van der Waals surface area (Å²) in [6.45, 7) is 4.84. The van der Waals surface area contributed by atoms with Gasteiger partial charge in [-0.1, -0.05) is 0 Å². The van der Waals surface area contributed by atoms with Crippen LogP contribution in [0.15, 0.2) is 18.5 Å². The Labute approximate surface area is 94.6 Å². The van der Waals surface area contributed by atoms with E-state index in [9.17, 15) is 0 Å². The van der Waals surface area contributed by atoms with Crippen LogP contribution < -0.4 is 5.32 Å². The lowest BCUT2D eigenvalue weighted by Crippen LogP contribution is -2.02. The molecule has 0 saturated carbocycles. The van der Waals surface area contributed by atoms with Crippen LogP contribution in [0.2, 0.25) is 0 Å². The number of imidazole rings is 1. The van der Waals surface area contributed by atoms with E-state index in [0.29, 0.717) is 0 Å². The molecule has 5 nitrogen and oxygen atoms in total. The zero-order valence-electron chi connectivity index (χ0n) is 9.73. The van der Waals surface area contributed by atoms with Crippen LogP contribution in [0.25, 0.3) is 11.5 Å². The van der Waals surface area contributed by atoms with E-state index in [2.05, 4.69) is 31.8 Å². The van der Waals surface area contributed by atoms with Crippen molar-refractivity contribution < 1.29 is 0 Å². The number of nitrogens with zero attached hydrogens (tertiary/aromatic N) is 4. The van der Waals surface area contributed by atoms with Gasteiger partial charge in [0.05, 0.1) is 0 Å². The van der Waals surface area contributed by atoms with Crippen molar-refractivity contribution in [3.05, 3.63) is 24.3 Å². The minimum Gasteiger partial charge on any atom is -0.373 e. The lowest BCUT2D eigenvalue weighted by atomic mass is 10.3. The number of hydrogen-bond donors (Lipinski definition) is 1. The summed E-state index contributed by atoms with van der Waals surface area (Å²) in [5, 5.41) is 3.02. The SMILES string of the molecule is CCn1ccnc1-c1cc(NC)nc(C)n1. The lowest BCUT2D eigenvalue weighted by molar-refractivity contribution is 0.767. The van der Waals surface area contributed by atoms with Crippen molar-refractivity contribution in [1.29, 1.82) is 0 Å². The fourth-order valence-electron chi connectivity index (χ4n) is 1.61. The summed E-state index contributed by atoms with van der Waals surface area (Å²) in [7, 11) is 1.85. The van der Waals surface area contributed by atoms with Gasteiger partial charge < -0.3 is 9.88 Å². The number of anilines is 1. The van der Waals surface area contributed by atoms with E-state index in [0.717, 1.165) is 29.7 Å². The molecule has 1 N–H and O–H groups in total. The zero-order chi connectivity index (χ0) is 11.5. The molecule has 0 bridgehead atoms. The molecule has 16 heavy (non-hydrogen) atoms. The fourth-order valence-corrected chi connectivity index (χ4v) is 1.61. The molecule has 2 aromatic heterocycles. The van der Waals surface area contributed by atoms with Crippen LogP contribution in [0.5, 0.6) is 0 Å².